The Hall–Kier alpha value is -2.76. The molecule has 1 aromatic carbocycles. The second-order valence-electron chi connectivity index (χ2n) is 5.66. The molecule has 1 heterocycles. The lowest BCUT2D eigenvalue weighted by Crippen LogP contribution is -2.21. The summed E-state index contributed by atoms with van der Waals surface area (Å²) in [5.74, 6) is -0.0346. The fourth-order valence-electron chi connectivity index (χ4n) is 2.93. The molecule has 6 heteroatoms. The molecule has 0 saturated heterocycles. The molecule has 0 aliphatic rings. The van der Waals surface area contributed by atoms with E-state index in [0.717, 1.165) is 22.3 Å². The number of benzene rings is 1. The Bertz CT molecular complexity index is 866. The van der Waals surface area contributed by atoms with Gasteiger partial charge < -0.3 is 4.57 Å². The molecule has 0 aliphatic carbocycles. The van der Waals surface area contributed by atoms with Crippen molar-refractivity contribution in [3.63, 3.8) is 0 Å². The zero-order valence-corrected chi connectivity index (χ0v) is 13.5. The molecule has 1 aromatic heterocycles. The lowest BCUT2D eigenvalue weighted by molar-refractivity contribution is -0.385. The molecule has 0 atom stereocenters. The summed E-state index contributed by atoms with van der Waals surface area (Å²) in [6.45, 7) is 7.32. The lowest BCUT2D eigenvalue weighted by Gasteiger charge is -2.16. The Morgan fingerprint density at radius 2 is 1.87 bits per heavy atom. The van der Waals surface area contributed by atoms with E-state index in [4.69, 9.17) is 0 Å². The van der Waals surface area contributed by atoms with Gasteiger partial charge in [-0.05, 0) is 49.9 Å². The summed E-state index contributed by atoms with van der Waals surface area (Å²) in [6.07, 6.45) is 1.23. The number of carbonyl (C=O) groups excluding carboxylic acids is 1. The highest BCUT2D eigenvalue weighted by Gasteiger charge is 2.16. The maximum atomic E-state index is 12.0. The van der Waals surface area contributed by atoms with E-state index in [1.54, 1.807) is 0 Å². The molecule has 0 N–H and O–H groups in total. The maximum Gasteiger partial charge on any atom is 0.285 e. The van der Waals surface area contributed by atoms with Crippen LogP contribution in [-0.2, 0) is 6.54 Å². The molecule has 0 unspecified atom stereocenters. The third kappa shape index (κ3) is 3.21. The predicted molar refractivity (Wildman–Crippen MR) is 87.1 cm³/mol. The molecule has 23 heavy (non-hydrogen) atoms. The molecule has 2 rings (SSSR count). The van der Waals surface area contributed by atoms with Crippen molar-refractivity contribution in [2.75, 3.05) is 0 Å². The van der Waals surface area contributed by atoms with Crippen molar-refractivity contribution >= 4 is 11.5 Å². The van der Waals surface area contributed by atoms with E-state index in [1.165, 1.54) is 29.8 Å². The SMILES string of the molecule is CC(=O)c1c(C)cc(C)c(Cn2cc([N+](=O)[O-])ccc2=O)c1C. The topological polar surface area (TPSA) is 82.2 Å². The molecule has 6 nitrogen and oxygen atoms in total. The van der Waals surface area contributed by atoms with Gasteiger partial charge in [-0.1, -0.05) is 6.07 Å². The van der Waals surface area contributed by atoms with E-state index >= 15 is 0 Å². The Labute approximate surface area is 133 Å². The zero-order valence-electron chi connectivity index (χ0n) is 13.5. The van der Waals surface area contributed by atoms with Crippen molar-refractivity contribution < 1.29 is 9.72 Å². The molecule has 0 aliphatic heterocycles. The second kappa shape index (κ2) is 6.16. The number of nitrogens with zero attached hydrogens (tertiary/aromatic N) is 2. The number of pyridine rings is 1. The highest BCUT2D eigenvalue weighted by Crippen LogP contribution is 2.23. The smallest absolute Gasteiger partial charge is 0.285 e. The van der Waals surface area contributed by atoms with Crippen LogP contribution in [-0.4, -0.2) is 15.3 Å². The molecule has 0 amide bonds. The molecular formula is C17H18N2O4. The standard InChI is InChI=1S/C17H18N2O4/c1-10-7-11(2)17(13(4)20)12(3)15(10)9-18-8-14(19(22)23)5-6-16(18)21/h5-8H,9H2,1-4H3. The van der Waals surface area contributed by atoms with Crippen LogP contribution in [0.15, 0.2) is 29.2 Å². The number of aryl methyl sites for hydroxylation is 2. The molecule has 0 saturated carbocycles. The average Bonchev–Trinajstić information content (AvgIpc) is 2.44. The van der Waals surface area contributed by atoms with Crippen molar-refractivity contribution in [2.24, 2.45) is 0 Å². The van der Waals surface area contributed by atoms with Crippen LogP contribution in [0.5, 0.6) is 0 Å². The van der Waals surface area contributed by atoms with E-state index in [9.17, 15) is 19.7 Å². The fourth-order valence-corrected chi connectivity index (χ4v) is 2.93. The van der Waals surface area contributed by atoms with Gasteiger partial charge in [-0.2, -0.15) is 0 Å². The van der Waals surface area contributed by atoms with Gasteiger partial charge in [-0.25, -0.2) is 0 Å². The first-order valence-electron chi connectivity index (χ1n) is 7.18. The minimum Gasteiger partial charge on any atom is -0.304 e. The number of nitro groups is 1. The summed E-state index contributed by atoms with van der Waals surface area (Å²) >= 11 is 0. The molecule has 0 fully saturated rings. The van der Waals surface area contributed by atoms with Crippen LogP contribution < -0.4 is 5.56 Å². The van der Waals surface area contributed by atoms with Crippen LogP contribution in [0.2, 0.25) is 0 Å². The van der Waals surface area contributed by atoms with Gasteiger partial charge in [0.25, 0.3) is 11.2 Å². The highest BCUT2D eigenvalue weighted by atomic mass is 16.6. The normalized spacial score (nSPS) is 10.6. The first-order valence-corrected chi connectivity index (χ1v) is 7.18. The number of carbonyl (C=O) groups is 1. The molecular weight excluding hydrogens is 296 g/mol. The second-order valence-corrected chi connectivity index (χ2v) is 5.66. The fraction of sp³-hybridized carbons (Fsp3) is 0.294. The number of rotatable bonds is 4. The van der Waals surface area contributed by atoms with Gasteiger partial charge in [-0.3, -0.25) is 19.7 Å². The van der Waals surface area contributed by atoms with Crippen LogP contribution >= 0.6 is 0 Å². The average molecular weight is 314 g/mol. The summed E-state index contributed by atoms with van der Waals surface area (Å²) in [4.78, 5) is 34.2. The molecule has 0 radical (unpaired) electrons. The van der Waals surface area contributed by atoms with Crippen LogP contribution in [0.4, 0.5) is 5.69 Å². The minimum atomic E-state index is -0.536. The first-order chi connectivity index (χ1) is 10.7. The van der Waals surface area contributed by atoms with Gasteiger partial charge in [0.15, 0.2) is 5.78 Å². The van der Waals surface area contributed by atoms with Gasteiger partial charge in [0, 0.05) is 17.7 Å². The maximum absolute atomic E-state index is 12.0. The molecule has 120 valence electrons. The Kier molecular flexibility index (Phi) is 4.45. The van der Waals surface area contributed by atoms with E-state index < -0.39 is 4.92 Å². The van der Waals surface area contributed by atoms with E-state index in [2.05, 4.69) is 0 Å². The third-order valence-electron chi connectivity index (χ3n) is 3.99. The van der Waals surface area contributed by atoms with E-state index in [-0.39, 0.29) is 23.6 Å². The summed E-state index contributed by atoms with van der Waals surface area (Å²) in [6, 6.07) is 4.28. The van der Waals surface area contributed by atoms with Crippen LogP contribution in [0, 0.1) is 30.9 Å². The molecule has 2 aromatic rings. The minimum absolute atomic E-state index is 0.0346. The first kappa shape index (κ1) is 16.6. The van der Waals surface area contributed by atoms with Gasteiger partial charge in [0.05, 0.1) is 17.7 Å². The summed E-state index contributed by atoms with van der Waals surface area (Å²) in [5, 5.41) is 10.9. The number of hydrogen-bond donors (Lipinski definition) is 0. The van der Waals surface area contributed by atoms with Gasteiger partial charge in [0.1, 0.15) is 0 Å². The monoisotopic (exact) mass is 314 g/mol. The quantitative estimate of drug-likeness (QED) is 0.493. The van der Waals surface area contributed by atoms with Crippen LogP contribution in [0.3, 0.4) is 0 Å². The van der Waals surface area contributed by atoms with Gasteiger partial charge >= 0.3 is 0 Å². The van der Waals surface area contributed by atoms with Crippen molar-refractivity contribution in [3.05, 3.63) is 72.7 Å². The van der Waals surface area contributed by atoms with Crippen molar-refractivity contribution in [3.8, 4) is 0 Å². The summed E-state index contributed by atoms with van der Waals surface area (Å²) in [7, 11) is 0. The third-order valence-corrected chi connectivity index (χ3v) is 3.99. The number of Topliss-reactive ketones (excluding diaryl/α,β-unsaturated/α-hetero) is 1. The van der Waals surface area contributed by atoms with Gasteiger partial charge in [0.2, 0.25) is 0 Å². The number of aromatic nitrogens is 1. The van der Waals surface area contributed by atoms with E-state index in [1.807, 2.05) is 26.8 Å². The Morgan fingerprint density at radius 3 is 2.43 bits per heavy atom. The van der Waals surface area contributed by atoms with Crippen molar-refractivity contribution in [1.82, 2.24) is 4.57 Å². The highest BCUT2D eigenvalue weighted by molar-refractivity contribution is 5.97. The van der Waals surface area contributed by atoms with Gasteiger partial charge in [-0.15, -0.1) is 0 Å². The molecule has 0 spiro atoms. The lowest BCUT2D eigenvalue weighted by atomic mass is 9.91. The van der Waals surface area contributed by atoms with Crippen molar-refractivity contribution in [1.29, 1.82) is 0 Å². The summed E-state index contributed by atoms with van der Waals surface area (Å²) in [5.41, 5.74) is 3.67. The number of ketones is 1. The Balaban J connectivity index is 2.59. The summed E-state index contributed by atoms with van der Waals surface area (Å²) < 4.78 is 1.30. The predicted octanol–water partition coefficient (Wildman–Crippen LogP) is 2.93. The largest absolute Gasteiger partial charge is 0.304 e. The van der Waals surface area contributed by atoms with Crippen molar-refractivity contribution in [2.45, 2.75) is 34.2 Å². The van der Waals surface area contributed by atoms with E-state index in [0.29, 0.717) is 5.56 Å². The zero-order chi connectivity index (χ0) is 17.3. The van der Waals surface area contributed by atoms with Crippen LogP contribution in [0.25, 0.3) is 0 Å². The van der Waals surface area contributed by atoms with Crippen LogP contribution in [0.1, 0.15) is 39.5 Å². The molecule has 0 bridgehead atoms. The number of hydrogen-bond acceptors (Lipinski definition) is 4. The Morgan fingerprint density at radius 1 is 1.22 bits per heavy atom.